The fraction of sp³-hybridized carbons (Fsp3) is 0.444. The predicted molar refractivity (Wildman–Crippen MR) is 62.5 cm³/mol. The number of nitrogens with zero attached hydrogens (tertiary/aromatic N) is 1. The molecule has 0 atom stereocenters. The van der Waals surface area contributed by atoms with Crippen LogP contribution in [0, 0.1) is 0 Å². The van der Waals surface area contributed by atoms with Crippen LogP contribution in [-0.4, -0.2) is 29.3 Å². The Morgan fingerprint density at radius 3 is 2.65 bits per heavy atom. The molecule has 0 spiro atoms. The van der Waals surface area contributed by atoms with E-state index in [1.165, 1.54) is 14.1 Å². The number of aromatic nitrogens is 2. The molecule has 17 heavy (non-hydrogen) atoms. The van der Waals surface area contributed by atoms with Gasteiger partial charge < -0.3 is 10.1 Å². The first-order valence-corrected chi connectivity index (χ1v) is 4.96. The Morgan fingerprint density at radius 2 is 2.12 bits per heavy atom. The Kier molecular flexibility index (Phi) is 3.91. The number of aromatic amines is 1. The standard InChI is InChI=1S/C9H14N4O4/c1-4-17-9(16)11-5-6(10-2)12-8(15)13(3)7(5)14/h10H,4H2,1-3H3,(H,11,16)(H,12,15). The number of anilines is 2. The summed E-state index contributed by atoms with van der Waals surface area (Å²) < 4.78 is 5.50. The largest absolute Gasteiger partial charge is 0.450 e. The number of H-pyrrole nitrogens is 1. The predicted octanol–water partition coefficient (Wildman–Crippen LogP) is -0.316. The number of amides is 1. The van der Waals surface area contributed by atoms with Crippen molar-refractivity contribution in [3.05, 3.63) is 20.8 Å². The molecule has 3 N–H and O–H groups in total. The van der Waals surface area contributed by atoms with Crippen molar-refractivity contribution in [3.63, 3.8) is 0 Å². The van der Waals surface area contributed by atoms with E-state index in [9.17, 15) is 14.4 Å². The lowest BCUT2D eigenvalue weighted by Crippen LogP contribution is -2.36. The van der Waals surface area contributed by atoms with Crippen molar-refractivity contribution in [2.24, 2.45) is 7.05 Å². The first-order valence-electron chi connectivity index (χ1n) is 4.96. The number of hydrogen-bond acceptors (Lipinski definition) is 5. The van der Waals surface area contributed by atoms with Gasteiger partial charge in [0.1, 0.15) is 5.82 Å². The van der Waals surface area contributed by atoms with Gasteiger partial charge in [0.15, 0.2) is 5.69 Å². The molecule has 0 aromatic carbocycles. The molecule has 0 unspecified atom stereocenters. The summed E-state index contributed by atoms with van der Waals surface area (Å²) in [6, 6.07) is 0. The molecule has 1 amide bonds. The monoisotopic (exact) mass is 242 g/mol. The zero-order valence-corrected chi connectivity index (χ0v) is 9.79. The van der Waals surface area contributed by atoms with E-state index in [2.05, 4.69) is 20.4 Å². The molecule has 0 aliphatic heterocycles. The van der Waals surface area contributed by atoms with Crippen LogP contribution in [0.4, 0.5) is 16.3 Å². The summed E-state index contributed by atoms with van der Waals surface area (Å²) in [5, 5.41) is 4.88. The SMILES string of the molecule is CCOC(=O)Nc1c(NC)[nH]c(=O)n(C)c1=O. The third kappa shape index (κ3) is 2.65. The van der Waals surface area contributed by atoms with Gasteiger partial charge in [0.25, 0.3) is 5.56 Å². The minimum absolute atomic E-state index is 0.0620. The van der Waals surface area contributed by atoms with Crippen LogP contribution in [0.2, 0.25) is 0 Å². The van der Waals surface area contributed by atoms with Gasteiger partial charge in [-0.15, -0.1) is 0 Å². The van der Waals surface area contributed by atoms with Gasteiger partial charge >= 0.3 is 11.8 Å². The lowest BCUT2D eigenvalue weighted by molar-refractivity contribution is 0.168. The highest BCUT2D eigenvalue weighted by molar-refractivity contribution is 5.87. The molecule has 0 radical (unpaired) electrons. The molecule has 1 rings (SSSR count). The fourth-order valence-electron chi connectivity index (χ4n) is 1.19. The van der Waals surface area contributed by atoms with Gasteiger partial charge in [0.05, 0.1) is 6.61 Å². The van der Waals surface area contributed by atoms with E-state index in [1.807, 2.05) is 0 Å². The molecule has 0 aliphatic rings. The Hall–Kier alpha value is -2.25. The molecular weight excluding hydrogens is 228 g/mol. The molecule has 1 heterocycles. The number of carbonyl (C=O) groups is 1. The van der Waals surface area contributed by atoms with Gasteiger partial charge in [-0.2, -0.15) is 0 Å². The van der Waals surface area contributed by atoms with E-state index < -0.39 is 17.3 Å². The van der Waals surface area contributed by atoms with E-state index in [0.29, 0.717) is 0 Å². The molecule has 8 nitrogen and oxygen atoms in total. The van der Waals surface area contributed by atoms with Crippen molar-refractivity contribution < 1.29 is 9.53 Å². The average Bonchev–Trinajstić information content (AvgIpc) is 2.30. The molecule has 1 aromatic heterocycles. The molecule has 0 aliphatic carbocycles. The lowest BCUT2D eigenvalue weighted by atomic mass is 10.4. The van der Waals surface area contributed by atoms with E-state index in [0.717, 1.165) is 4.57 Å². The van der Waals surface area contributed by atoms with Crippen LogP contribution < -0.4 is 21.9 Å². The summed E-state index contributed by atoms with van der Waals surface area (Å²) in [6.45, 7) is 1.83. The highest BCUT2D eigenvalue weighted by atomic mass is 16.5. The Morgan fingerprint density at radius 1 is 1.47 bits per heavy atom. The van der Waals surface area contributed by atoms with Gasteiger partial charge in [0, 0.05) is 14.1 Å². The molecule has 94 valence electrons. The minimum atomic E-state index is -0.756. The molecule has 0 fully saturated rings. The van der Waals surface area contributed by atoms with Crippen LogP contribution >= 0.6 is 0 Å². The van der Waals surface area contributed by atoms with E-state index in [1.54, 1.807) is 6.92 Å². The quantitative estimate of drug-likeness (QED) is 0.674. The number of ether oxygens (including phenoxy) is 1. The summed E-state index contributed by atoms with van der Waals surface area (Å²) in [4.78, 5) is 36.7. The normalized spacial score (nSPS) is 9.82. The summed E-state index contributed by atoms with van der Waals surface area (Å²) in [5.41, 5.74) is -1.26. The van der Waals surface area contributed by atoms with Crippen LogP contribution in [0.15, 0.2) is 9.59 Å². The van der Waals surface area contributed by atoms with E-state index >= 15 is 0 Å². The topological polar surface area (TPSA) is 105 Å². The number of nitrogens with one attached hydrogen (secondary N) is 3. The second-order valence-corrected chi connectivity index (χ2v) is 3.14. The zero-order chi connectivity index (χ0) is 13.0. The van der Waals surface area contributed by atoms with E-state index in [4.69, 9.17) is 0 Å². The molecule has 0 saturated heterocycles. The summed E-state index contributed by atoms with van der Waals surface area (Å²) in [7, 11) is 2.82. The smallest absolute Gasteiger partial charge is 0.411 e. The van der Waals surface area contributed by atoms with Crippen LogP contribution in [0.25, 0.3) is 0 Å². The van der Waals surface area contributed by atoms with Gasteiger partial charge in [-0.3, -0.25) is 19.7 Å². The van der Waals surface area contributed by atoms with Crippen LogP contribution in [0.1, 0.15) is 6.92 Å². The average molecular weight is 242 g/mol. The van der Waals surface area contributed by atoms with Gasteiger partial charge in [-0.25, -0.2) is 9.59 Å². The van der Waals surface area contributed by atoms with Gasteiger partial charge in [0.2, 0.25) is 0 Å². The molecule has 0 saturated carbocycles. The zero-order valence-electron chi connectivity index (χ0n) is 9.79. The minimum Gasteiger partial charge on any atom is -0.450 e. The third-order valence-corrected chi connectivity index (χ3v) is 2.06. The Bertz CT molecular complexity index is 531. The first kappa shape index (κ1) is 12.8. The fourth-order valence-corrected chi connectivity index (χ4v) is 1.19. The number of hydrogen-bond donors (Lipinski definition) is 3. The van der Waals surface area contributed by atoms with Crippen molar-refractivity contribution in [1.82, 2.24) is 9.55 Å². The second kappa shape index (κ2) is 5.19. The van der Waals surface area contributed by atoms with Crippen molar-refractivity contribution >= 4 is 17.6 Å². The van der Waals surface area contributed by atoms with Crippen LogP contribution in [0.5, 0.6) is 0 Å². The molecular formula is C9H14N4O4. The second-order valence-electron chi connectivity index (χ2n) is 3.14. The number of carbonyl (C=O) groups excluding carboxylic acids is 1. The van der Waals surface area contributed by atoms with E-state index in [-0.39, 0.29) is 18.1 Å². The summed E-state index contributed by atoms with van der Waals surface area (Å²) >= 11 is 0. The first-order chi connectivity index (χ1) is 8.01. The van der Waals surface area contributed by atoms with Crippen LogP contribution in [0.3, 0.4) is 0 Å². The molecule has 1 aromatic rings. The maximum atomic E-state index is 11.7. The highest BCUT2D eigenvalue weighted by Crippen LogP contribution is 2.10. The van der Waals surface area contributed by atoms with Gasteiger partial charge in [-0.05, 0) is 6.92 Å². The van der Waals surface area contributed by atoms with Crippen molar-refractivity contribution in [2.45, 2.75) is 6.92 Å². The summed E-state index contributed by atoms with van der Waals surface area (Å²) in [6.07, 6.45) is -0.756. The van der Waals surface area contributed by atoms with Gasteiger partial charge in [-0.1, -0.05) is 0 Å². The van der Waals surface area contributed by atoms with Crippen molar-refractivity contribution in [2.75, 3.05) is 24.3 Å². The van der Waals surface area contributed by atoms with Crippen molar-refractivity contribution in [3.8, 4) is 0 Å². The lowest BCUT2D eigenvalue weighted by Gasteiger charge is -2.10. The maximum absolute atomic E-state index is 11.7. The Balaban J connectivity index is 3.22. The maximum Gasteiger partial charge on any atom is 0.411 e. The molecule has 0 bridgehead atoms. The van der Waals surface area contributed by atoms with Crippen LogP contribution in [-0.2, 0) is 11.8 Å². The van der Waals surface area contributed by atoms with Crippen molar-refractivity contribution in [1.29, 1.82) is 0 Å². The third-order valence-electron chi connectivity index (χ3n) is 2.06. The number of rotatable bonds is 3. The molecule has 8 heteroatoms. The highest BCUT2D eigenvalue weighted by Gasteiger charge is 2.14. The Labute approximate surface area is 96.6 Å². The summed E-state index contributed by atoms with van der Waals surface area (Å²) in [5.74, 6) is 0.131.